The molecule has 0 fully saturated rings. The maximum Gasteiger partial charge on any atom is 0.130 e. The normalized spacial score (nSPS) is 12.7. The molecule has 1 unspecified atom stereocenters. The van der Waals surface area contributed by atoms with Crippen LogP contribution < -0.4 is 5.73 Å². The van der Waals surface area contributed by atoms with Crippen LogP contribution in [0.4, 0.5) is 0 Å². The van der Waals surface area contributed by atoms with E-state index < -0.39 is 0 Å². The first-order valence-corrected chi connectivity index (χ1v) is 6.92. The minimum Gasteiger partial charge on any atom is -0.330 e. The fourth-order valence-corrected chi connectivity index (χ4v) is 2.82. The van der Waals surface area contributed by atoms with Gasteiger partial charge in [-0.05, 0) is 31.5 Å². The van der Waals surface area contributed by atoms with Crippen LogP contribution in [0.3, 0.4) is 0 Å². The summed E-state index contributed by atoms with van der Waals surface area (Å²) in [5.74, 6) is 0.147. The number of hydrogen-bond donors (Lipinski definition) is 1. The van der Waals surface area contributed by atoms with E-state index in [2.05, 4.69) is 5.10 Å². The lowest BCUT2D eigenvalue weighted by atomic mass is 9.92. The van der Waals surface area contributed by atoms with Gasteiger partial charge in [0.2, 0.25) is 0 Å². The second-order valence-electron chi connectivity index (χ2n) is 4.64. The largest absolute Gasteiger partial charge is 0.330 e. The van der Waals surface area contributed by atoms with Crippen molar-refractivity contribution in [3.63, 3.8) is 0 Å². The van der Waals surface area contributed by atoms with Gasteiger partial charge in [-0.25, -0.2) is 0 Å². The summed E-state index contributed by atoms with van der Waals surface area (Å²) >= 11 is 12.5. The summed E-state index contributed by atoms with van der Waals surface area (Å²) in [4.78, 5) is 0. The minimum absolute atomic E-state index is 0.147. The lowest BCUT2D eigenvalue weighted by Gasteiger charge is -2.16. The number of benzene rings is 1. The zero-order valence-corrected chi connectivity index (χ0v) is 12.5. The average Bonchev–Trinajstić information content (AvgIpc) is 2.63. The molecule has 102 valence electrons. The van der Waals surface area contributed by atoms with Crippen LogP contribution in [-0.4, -0.2) is 16.3 Å². The summed E-state index contributed by atoms with van der Waals surface area (Å²) in [7, 11) is 1.84. The molecular weight excluding hydrogens is 281 g/mol. The molecule has 0 aliphatic carbocycles. The SMILES string of the molecule is Cc1nn(C)c(Cl)c1CC(CN)c1ccccc1Cl. The van der Waals surface area contributed by atoms with Crippen molar-refractivity contribution in [2.24, 2.45) is 12.8 Å². The zero-order chi connectivity index (χ0) is 14.0. The number of nitrogens with zero attached hydrogens (tertiary/aromatic N) is 2. The Kier molecular flexibility index (Phi) is 4.50. The fourth-order valence-electron chi connectivity index (χ4n) is 2.28. The summed E-state index contributed by atoms with van der Waals surface area (Å²) in [6.45, 7) is 2.48. The van der Waals surface area contributed by atoms with Crippen LogP contribution in [0.15, 0.2) is 24.3 Å². The zero-order valence-electron chi connectivity index (χ0n) is 11.0. The predicted molar refractivity (Wildman–Crippen MR) is 79.9 cm³/mol. The summed E-state index contributed by atoms with van der Waals surface area (Å²) in [5.41, 5.74) is 8.94. The monoisotopic (exact) mass is 297 g/mol. The lowest BCUT2D eigenvalue weighted by Crippen LogP contribution is -2.16. The number of hydrogen-bond acceptors (Lipinski definition) is 2. The average molecular weight is 298 g/mol. The van der Waals surface area contributed by atoms with Gasteiger partial charge in [0.1, 0.15) is 5.15 Å². The van der Waals surface area contributed by atoms with Gasteiger partial charge in [-0.15, -0.1) is 0 Å². The van der Waals surface area contributed by atoms with Crippen molar-refractivity contribution in [3.8, 4) is 0 Å². The van der Waals surface area contributed by atoms with E-state index in [1.165, 1.54) is 0 Å². The van der Waals surface area contributed by atoms with Gasteiger partial charge in [-0.1, -0.05) is 41.4 Å². The van der Waals surface area contributed by atoms with E-state index in [9.17, 15) is 0 Å². The molecule has 19 heavy (non-hydrogen) atoms. The molecule has 2 aromatic rings. The van der Waals surface area contributed by atoms with Crippen LogP contribution in [0, 0.1) is 6.92 Å². The molecule has 0 radical (unpaired) electrons. The summed E-state index contributed by atoms with van der Waals surface area (Å²) in [6.07, 6.45) is 0.749. The van der Waals surface area contributed by atoms with E-state index in [4.69, 9.17) is 28.9 Å². The van der Waals surface area contributed by atoms with Crippen LogP contribution in [0.2, 0.25) is 10.2 Å². The van der Waals surface area contributed by atoms with Gasteiger partial charge in [0.25, 0.3) is 0 Å². The highest BCUT2D eigenvalue weighted by Gasteiger charge is 2.19. The number of aromatic nitrogens is 2. The van der Waals surface area contributed by atoms with Crippen molar-refractivity contribution < 1.29 is 0 Å². The predicted octanol–water partition coefficient (Wildman–Crippen LogP) is 3.32. The number of halogens is 2. The quantitative estimate of drug-likeness (QED) is 0.941. The second kappa shape index (κ2) is 5.95. The van der Waals surface area contributed by atoms with Crippen LogP contribution in [0.5, 0.6) is 0 Å². The molecule has 0 saturated heterocycles. The minimum atomic E-state index is 0.147. The van der Waals surface area contributed by atoms with E-state index >= 15 is 0 Å². The van der Waals surface area contributed by atoms with Gasteiger partial charge in [0.05, 0.1) is 5.69 Å². The Morgan fingerprint density at radius 2 is 2.00 bits per heavy atom. The fraction of sp³-hybridized carbons (Fsp3) is 0.357. The Morgan fingerprint density at radius 3 is 2.53 bits per heavy atom. The molecule has 1 atom stereocenters. The standard InChI is InChI=1S/C14H17Cl2N3/c1-9-12(14(16)19(2)18-9)7-10(8-17)11-5-3-4-6-13(11)15/h3-6,10H,7-8,17H2,1-2H3. The van der Waals surface area contributed by atoms with E-state index in [0.717, 1.165) is 28.3 Å². The van der Waals surface area contributed by atoms with E-state index in [1.807, 2.05) is 38.2 Å². The van der Waals surface area contributed by atoms with E-state index in [1.54, 1.807) is 4.68 Å². The third-order valence-corrected chi connectivity index (χ3v) is 4.17. The molecular formula is C14H17Cl2N3. The van der Waals surface area contributed by atoms with Gasteiger partial charge >= 0.3 is 0 Å². The highest BCUT2D eigenvalue weighted by atomic mass is 35.5. The Labute approximate surface area is 123 Å². The Bertz CT molecular complexity index is 578. The third-order valence-electron chi connectivity index (χ3n) is 3.35. The molecule has 1 aromatic carbocycles. The molecule has 0 amide bonds. The first-order chi connectivity index (χ1) is 9.04. The van der Waals surface area contributed by atoms with Crippen LogP contribution in [0.25, 0.3) is 0 Å². The molecule has 0 bridgehead atoms. The van der Waals surface area contributed by atoms with Gasteiger partial charge < -0.3 is 5.73 Å². The van der Waals surface area contributed by atoms with Gasteiger partial charge in [-0.3, -0.25) is 4.68 Å². The smallest absolute Gasteiger partial charge is 0.130 e. The summed E-state index contributed by atoms with van der Waals surface area (Å²) in [5, 5.41) is 5.74. The molecule has 0 saturated carbocycles. The molecule has 3 nitrogen and oxygen atoms in total. The third kappa shape index (κ3) is 2.94. The first kappa shape index (κ1) is 14.4. The van der Waals surface area contributed by atoms with Crippen molar-refractivity contribution in [2.45, 2.75) is 19.3 Å². The van der Waals surface area contributed by atoms with Crippen molar-refractivity contribution in [2.75, 3.05) is 6.54 Å². The summed E-state index contributed by atoms with van der Waals surface area (Å²) < 4.78 is 1.69. The summed E-state index contributed by atoms with van der Waals surface area (Å²) in [6, 6.07) is 7.79. The Hall–Kier alpha value is -1.03. The van der Waals surface area contributed by atoms with E-state index in [0.29, 0.717) is 11.7 Å². The first-order valence-electron chi connectivity index (χ1n) is 6.17. The van der Waals surface area contributed by atoms with E-state index in [-0.39, 0.29) is 5.92 Å². The molecule has 2 N–H and O–H groups in total. The maximum atomic E-state index is 6.27. The molecule has 1 aromatic heterocycles. The van der Waals surface area contributed by atoms with Crippen LogP contribution in [0.1, 0.15) is 22.7 Å². The molecule has 2 rings (SSSR count). The van der Waals surface area contributed by atoms with Crippen LogP contribution in [-0.2, 0) is 13.5 Å². The van der Waals surface area contributed by atoms with Gasteiger partial charge in [0.15, 0.2) is 0 Å². The van der Waals surface area contributed by atoms with Crippen molar-refractivity contribution in [3.05, 3.63) is 51.3 Å². The van der Waals surface area contributed by atoms with Crippen molar-refractivity contribution >= 4 is 23.2 Å². The number of nitrogens with two attached hydrogens (primary N) is 1. The second-order valence-corrected chi connectivity index (χ2v) is 5.40. The molecule has 5 heteroatoms. The molecule has 0 spiro atoms. The number of rotatable bonds is 4. The van der Waals surface area contributed by atoms with Crippen molar-refractivity contribution in [1.29, 1.82) is 0 Å². The molecule has 0 aliphatic rings. The van der Waals surface area contributed by atoms with Gasteiger partial charge in [-0.2, -0.15) is 5.10 Å². The lowest BCUT2D eigenvalue weighted by molar-refractivity contribution is 0.692. The van der Waals surface area contributed by atoms with Crippen LogP contribution >= 0.6 is 23.2 Å². The molecule has 0 aliphatic heterocycles. The van der Waals surface area contributed by atoms with Crippen molar-refractivity contribution in [1.82, 2.24) is 9.78 Å². The Balaban J connectivity index is 2.32. The highest BCUT2D eigenvalue weighted by Crippen LogP contribution is 2.30. The Morgan fingerprint density at radius 1 is 1.32 bits per heavy atom. The molecule has 1 heterocycles. The number of aryl methyl sites for hydroxylation is 2. The topological polar surface area (TPSA) is 43.8 Å². The van der Waals surface area contributed by atoms with Gasteiger partial charge in [0, 0.05) is 23.6 Å². The highest BCUT2D eigenvalue weighted by molar-refractivity contribution is 6.31. The maximum absolute atomic E-state index is 6.27.